The minimum Gasteiger partial charge on any atom is -0.465 e. The SMILES string of the molecule is CCOC(=O)N1CCc2c(sc(NC(=O)c3ccc(C)cc3C)c2C(=O)OC)C1. The number of aryl methyl sites for hydroxylation is 2. The van der Waals surface area contributed by atoms with Crippen molar-refractivity contribution in [1.82, 2.24) is 4.90 Å². The Bertz CT molecular complexity index is 966. The van der Waals surface area contributed by atoms with Gasteiger partial charge in [-0.3, -0.25) is 4.79 Å². The maximum atomic E-state index is 12.8. The Hall–Kier alpha value is -2.87. The molecule has 1 aromatic heterocycles. The van der Waals surface area contributed by atoms with Gasteiger partial charge >= 0.3 is 12.1 Å². The van der Waals surface area contributed by atoms with Crippen LogP contribution in [-0.4, -0.2) is 43.1 Å². The Balaban J connectivity index is 1.92. The zero-order valence-electron chi connectivity index (χ0n) is 17.0. The highest BCUT2D eigenvalue weighted by molar-refractivity contribution is 7.17. The van der Waals surface area contributed by atoms with Gasteiger partial charge in [0.25, 0.3) is 5.91 Å². The molecule has 29 heavy (non-hydrogen) atoms. The van der Waals surface area contributed by atoms with Crippen LogP contribution in [0.4, 0.5) is 9.80 Å². The Labute approximate surface area is 173 Å². The van der Waals surface area contributed by atoms with E-state index in [1.54, 1.807) is 17.9 Å². The molecule has 7 nitrogen and oxygen atoms in total. The number of methoxy groups -OCH3 is 1. The molecule has 0 aliphatic carbocycles. The van der Waals surface area contributed by atoms with E-state index in [0.717, 1.165) is 21.6 Å². The van der Waals surface area contributed by atoms with Crippen LogP contribution in [0.5, 0.6) is 0 Å². The molecule has 1 aliphatic heterocycles. The summed E-state index contributed by atoms with van der Waals surface area (Å²) in [6.45, 7) is 6.68. The van der Waals surface area contributed by atoms with Crippen molar-refractivity contribution in [3.63, 3.8) is 0 Å². The third-order valence-electron chi connectivity index (χ3n) is 4.83. The van der Waals surface area contributed by atoms with Crippen LogP contribution in [-0.2, 0) is 22.4 Å². The van der Waals surface area contributed by atoms with Crippen molar-refractivity contribution in [3.05, 3.63) is 50.9 Å². The van der Waals surface area contributed by atoms with Crippen LogP contribution in [0.2, 0.25) is 0 Å². The number of hydrogen-bond donors (Lipinski definition) is 1. The van der Waals surface area contributed by atoms with Crippen molar-refractivity contribution in [2.24, 2.45) is 0 Å². The Kier molecular flexibility index (Phi) is 6.22. The van der Waals surface area contributed by atoms with E-state index in [1.165, 1.54) is 18.4 Å². The molecule has 2 amide bonds. The first-order chi connectivity index (χ1) is 13.8. The van der Waals surface area contributed by atoms with Crippen LogP contribution < -0.4 is 5.32 Å². The van der Waals surface area contributed by atoms with Gasteiger partial charge in [0.2, 0.25) is 0 Å². The highest BCUT2D eigenvalue weighted by Crippen LogP contribution is 2.38. The second kappa shape index (κ2) is 8.65. The van der Waals surface area contributed by atoms with Gasteiger partial charge in [-0.25, -0.2) is 9.59 Å². The number of thiophene rings is 1. The molecule has 0 saturated heterocycles. The number of amides is 2. The number of fused-ring (bicyclic) bond motifs is 1. The van der Waals surface area contributed by atoms with Gasteiger partial charge < -0.3 is 19.7 Å². The normalized spacial score (nSPS) is 12.9. The fraction of sp³-hybridized carbons (Fsp3) is 0.381. The maximum Gasteiger partial charge on any atom is 0.410 e. The molecule has 0 fully saturated rings. The second-order valence-corrected chi connectivity index (χ2v) is 7.95. The number of carbonyl (C=O) groups excluding carboxylic acids is 3. The summed E-state index contributed by atoms with van der Waals surface area (Å²) in [7, 11) is 1.32. The van der Waals surface area contributed by atoms with Crippen molar-refractivity contribution in [2.45, 2.75) is 33.7 Å². The van der Waals surface area contributed by atoms with Gasteiger partial charge in [-0.2, -0.15) is 0 Å². The molecule has 0 saturated carbocycles. The van der Waals surface area contributed by atoms with Crippen molar-refractivity contribution < 1.29 is 23.9 Å². The first kappa shape index (κ1) is 20.9. The molecule has 0 radical (unpaired) electrons. The Morgan fingerprint density at radius 2 is 2.00 bits per heavy atom. The predicted octanol–water partition coefficient (Wildman–Crippen LogP) is 3.92. The largest absolute Gasteiger partial charge is 0.465 e. The smallest absolute Gasteiger partial charge is 0.410 e. The summed E-state index contributed by atoms with van der Waals surface area (Å²) in [5.41, 5.74) is 3.66. The molecule has 2 aromatic rings. The predicted molar refractivity (Wildman–Crippen MR) is 111 cm³/mol. The molecule has 1 aliphatic rings. The zero-order chi connectivity index (χ0) is 21.1. The van der Waals surface area contributed by atoms with E-state index < -0.39 is 5.97 Å². The summed E-state index contributed by atoms with van der Waals surface area (Å²) in [5.74, 6) is -0.781. The number of esters is 1. The average Bonchev–Trinajstić information content (AvgIpc) is 3.04. The van der Waals surface area contributed by atoms with Crippen LogP contribution in [0, 0.1) is 13.8 Å². The number of rotatable bonds is 4. The lowest BCUT2D eigenvalue weighted by Crippen LogP contribution is -2.36. The number of benzene rings is 1. The first-order valence-electron chi connectivity index (χ1n) is 9.38. The van der Waals surface area contributed by atoms with Crippen molar-refractivity contribution in [2.75, 3.05) is 25.6 Å². The number of hydrogen-bond acceptors (Lipinski definition) is 6. The van der Waals surface area contributed by atoms with E-state index in [0.29, 0.717) is 42.2 Å². The molecular formula is C21H24N2O5S. The molecule has 3 rings (SSSR count). The summed E-state index contributed by atoms with van der Waals surface area (Å²) in [4.78, 5) is 39.8. The molecule has 8 heteroatoms. The van der Waals surface area contributed by atoms with E-state index in [1.807, 2.05) is 26.0 Å². The highest BCUT2D eigenvalue weighted by atomic mass is 32.1. The fourth-order valence-electron chi connectivity index (χ4n) is 3.42. The quantitative estimate of drug-likeness (QED) is 0.764. The number of ether oxygens (including phenoxy) is 2. The third-order valence-corrected chi connectivity index (χ3v) is 5.96. The molecule has 1 aromatic carbocycles. The van der Waals surface area contributed by atoms with E-state index in [9.17, 15) is 14.4 Å². The monoisotopic (exact) mass is 416 g/mol. The van der Waals surface area contributed by atoms with E-state index in [-0.39, 0.29) is 12.0 Å². The molecule has 0 unspecified atom stereocenters. The van der Waals surface area contributed by atoms with Gasteiger partial charge in [-0.05, 0) is 44.4 Å². The molecule has 1 N–H and O–H groups in total. The lowest BCUT2D eigenvalue weighted by Gasteiger charge is -2.26. The molecule has 0 bridgehead atoms. The first-order valence-corrected chi connectivity index (χ1v) is 10.2. The molecule has 0 atom stereocenters. The van der Waals surface area contributed by atoms with Gasteiger partial charge in [0.1, 0.15) is 5.00 Å². The third kappa shape index (κ3) is 4.27. The van der Waals surface area contributed by atoms with Crippen molar-refractivity contribution in [1.29, 1.82) is 0 Å². The topological polar surface area (TPSA) is 84.9 Å². The van der Waals surface area contributed by atoms with Crippen LogP contribution in [0.3, 0.4) is 0 Å². The summed E-state index contributed by atoms with van der Waals surface area (Å²) in [5, 5.41) is 3.31. The Morgan fingerprint density at radius 3 is 2.66 bits per heavy atom. The average molecular weight is 416 g/mol. The number of anilines is 1. The Morgan fingerprint density at radius 1 is 1.24 bits per heavy atom. The lowest BCUT2D eigenvalue weighted by molar-refractivity contribution is 0.0600. The number of nitrogens with zero attached hydrogens (tertiary/aromatic N) is 1. The minimum atomic E-state index is -0.497. The van der Waals surface area contributed by atoms with E-state index in [4.69, 9.17) is 9.47 Å². The van der Waals surface area contributed by atoms with Crippen molar-refractivity contribution >= 4 is 34.3 Å². The summed E-state index contributed by atoms with van der Waals surface area (Å²) >= 11 is 1.29. The second-order valence-electron chi connectivity index (χ2n) is 6.84. The van der Waals surface area contributed by atoms with E-state index in [2.05, 4.69) is 5.32 Å². The summed E-state index contributed by atoms with van der Waals surface area (Å²) in [6.07, 6.45) is 0.112. The van der Waals surface area contributed by atoms with Gasteiger partial charge in [-0.15, -0.1) is 11.3 Å². The zero-order valence-corrected chi connectivity index (χ0v) is 17.8. The van der Waals surface area contributed by atoms with Gasteiger partial charge in [0.05, 0.1) is 25.8 Å². The highest BCUT2D eigenvalue weighted by Gasteiger charge is 2.31. The lowest BCUT2D eigenvalue weighted by atomic mass is 10.0. The molecule has 2 heterocycles. The molecular weight excluding hydrogens is 392 g/mol. The van der Waals surface area contributed by atoms with Crippen LogP contribution in [0.15, 0.2) is 18.2 Å². The van der Waals surface area contributed by atoms with Gasteiger partial charge in [-0.1, -0.05) is 17.7 Å². The van der Waals surface area contributed by atoms with Gasteiger partial charge in [0, 0.05) is 17.0 Å². The van der Waals surface area contributed by atoms with Crippen molar-refractivity contribution in [3.8, 4) is 0 Å². The minimum absolute atomic E-state index is 0.284. The fourth-order valence-corrected chi connectivity index (χ4v) is 4.67. The molecule has 154 valence electrons. The number of nitrogens with one attached hydrogen (secondary N) is 1. The standard InChI is InChI=1S/C21H24N2O5S/c1-5-28-21(26)23-9-8-15-16(11-23)29-19(17(15)20(25)27-4)22-18(24)14-7-6-12(2)10-13(14)3/h6-7,10H,5,8-9,11H2,1-4H3,(H,22,24). The van der Waals surface area contributed by atoms with Crippen LogP contribution >= 0.6 is 11.3 Å². The maximum absolute atomic E-state index is 12.8. The van der Waals surface area contributed by atoms with Crippen LogP contribution in [0.1, 0.15) is 49.2 Å². The van der Waals surface area contributed by atoms with Crippen LogP contribution in [0.25, 0.3) is 0 Å². The summed E-state index contributed by atoms with van der Waals surface area (Å²) < 4.78 is 10.0. The molecule has 0 spiro atoms. The number of carbonyl (C=O) groups is 3. The van der Waals surface area contributed by atoms with E-state index >= 15 is 0 Å². The summed E-state index contributed by atoms with van der Waals surface area (Å²) in [6, 6.07) is 5.58. The van der Waals surface area contributed by atoms with Gasteiger partial charge in [0.15, 0.2) is 0 Å².